The van der Waals surface area contributed by atoms with E-state index in [0.29, 0.717) is 23.0 Å². The number of hydrogen-bond acceptors (Lipinski definition) is 6. The number of alkyl halides is 1. The van der Waals surface area contributed by atoms with Crippen molar-refractivity contribution in [3.8, 4) is 10.6 Å². The van der Waals surface area contributed by atoms with Gasteiger partial charge in [-0.1, -0.05) is 26.2 Å². The van der Waals surface area contributed by atoms with Gasteiger partial charge in [0.2, 0.25) is 5.91 Å². The number of carbonyl (C=O) groups excluding carboxylic acids is 3. The van der Waals surface area contributed by atoms with Gasteiger partial charge in [0.15, 0.2) is 0 Å². The van der Waals surface area contributed by atoms with Crippen LogP contribution in [0.1, 0.15) is 36.2 Å². The molecule has 1 aromatic carbocycles. The maximum absolute atomic E-state index is 12.5. The van der Waals surface area contributed by atoms with E-state index in [0.717, 1.165) is 24.8 Å². The number of rotatable bonds is 13. The molecule has 0 atom stereocenters. The number of thiazole rings is 1. The number of halogens is 1. The Morgan fingerprint density at radius 1 is 1.03 bits per heavy atom. The van der Waals surface area contributed by atoms with Crippen LogP contribution in [0.4, 0.5) is 5.69 Å². The van der Waals surface area contributed by atoms with Crippen LogP contribution < -0.4 is 16.0 Å². The van der Waals surface area contributed by atoms with Crippen LogP contribution in [-0.4, -0.2) is 35.7 Å². The summed E-state index contributed by atoms with van der Waals surface area (Å²) in [4.78, 5) is 40.9. The summed E-state index contributed by atoms with van der Waals surface area (Å²) in [6.45, 7) is 10.8. The fraction of sp³-hybridized carbons (Fsp3) is 0.250. The SMILES string of the molecule is C=C(NC(=O)C(=C)NC(=O)c1csc(-c2ccc(NC(=O)CCCCCCl)cc2)n1)C(=C)OC. The van der Waals surface area contributed by atoms with Gasteiger partial charge in [0, 0.05) is 28.9 Å². The zero-order valence-electron chi connectivity index (χ0n) is 18.9. The lowest BCUT2D eigenvalue weighted by molar-refractivity contribution is -0.117. The second-order valence-corrected chi connectivity index (χ2v) is 8.39. The van der Waals surface area contributed by atoms with Crippen LogP contribution in [0, 0.1) is 0 Å². The van der Waals surface area contributed by atoms with Crippen LogP contribution in [0.15, 0.2) is 66.5 Å². The lowest BCUT2D eigenvalue weighted by Crippen LogP contribution is -2.34. The second-order valence-electron chi connectivity index (χ2n) is 7.16. The van der Waals surface area contributed by atoms with Gasteiger partial charge < -0.3 is 20.7 Å². The number of ether oxygens (including phenoxy) is 1. The molecular weight excluding hydrogens is 476 g/mol. The Bertz CT molecular complexity index is 1080. The second kappa shape index (κ2) is 13.3. The summed E-state index contributed by atoms with van der Waals surface area (Å²) >= 11 is 6.92. The van der Waals surface area contributed by atoms with E-state index in [1.807, 2.05) is 12.1 Å². The average molecular weight is 503 g/mol. The van der Waals surface area contributed by atoms with E-state index in [2.05, 4.69) is 40.7 Å². The third kappa shape index (κ3) is 8.17. The van der Waals surface area contributed by atoms with Crippen molar-refractivity contribution in [2.75, 3.05) is 18.3 Å². The Kier molecular flexibility index (Phi) is 10.5. The largest absolute Gasteiger partial charge is 0.495 e. The Hall–Kier alpha value is -3.43. The van der Waals surface area contributed by atoms with Crippen molar-refractivity contribution in [2.45, 2.75) is 25.7 Å². The van der Waals surface area contributed by atoms with Crippen molar-refractivity contribution in [1.29, 1.82) is 0 Å². The predicted molar refractivity (Wildman–Crippen MR) is 135 cm³/mol. The Balaban J connectivity index is 1.91. The highest BCUT2D eigenvalue weighted by Gasteiger charge is 2.17. The van der Waals surface area contributed by atoms with Crippen molar-refractivity contribution >= 4 is 46.3 Å². The number of hydrogen-bond donors (Lipinski definition) is 3. The molecule has 0 spiro atoms. The number of methoxy groups -OCH3 is 1. The van der Waals surface area contributed by atoms with E-state index in [1.54, 1.807) is 17.5 Å². The highest BCUT2D eigenvalue weighted by atomic mass is 35.5. The summed E-state index contributed by atoms with van der Waals surface area (Å²) < 4.78 is 4.88. The summed E-state index contributed by atoms with van der Waals surface area (Å²) in [5, 5.41) is 9.89. The molecule has 2 rings (SSSR count). The molecule has 0 aliphatic carbocycles. The lowest BCUT2D eigenvalue weighted by Gasteiger charge is -2.11. The van der Waals surface area contributed by atoms with Crippen molar-refractivity contribution in [3.63, 3.8) is 0 Å². The first kappa shape index (κ1) is 26.8. The van der Waals surface area contributed by atoms with Gasteiger partial charge in [0.25, 0.3) is 11.8 Å². The molecule has 180 valence electrons. The molecule has 8 nitrogen and oxygen atoms in total. The van der Waals surface area contributed by atoms with Crippen molar-refractivity contribution < 1.29 is 19.1 Å². The maximum atomic E-state index is 12.5. The first-order chi connectivity index (χ1) is 16.2. The van der Waals surface area contributed by atoms with Gasteiger partial charge in [0.1, 0.15) is 16.5 Å². The summed E-state index contributed by atoms with van der Waals surface area (Å²) in [6, 6.07) is 7.18. The average Bonchev–Trinajstić information content (AvgIpc) is 3.32. The van der Waals surface area contributed by atoms with E-state index in [4.69, 9.17) is 16.3 Å². The van der Waals surface area contributed by atoms with Crippen molar-refractivity contribution in [2.24, 2.45) is 0 Å². The van der Waals surface area contributed by atoms with Crippen LogP contribution >= 0.6 is 22.9 Å². The number of unbranched alkanes of at least 4 members (excludes halogenated alkanes) is 2. The predicted octanol–water partition coefficient (Wildman–Crippen LogP) is 4.58. The number of benzene rings is 1. The summed E-state index contributed by atoms with van der Waals surface area (Å²) in [5.74, 6) is -0.477. The molecule has 2 aromatic rings. The maximum Gasteiger partial charge on any atom is 0.275 e. The van der Waals surface area contributed by atoms with Crippen LogP contribution in [0.2, 0.25) is 0 Å². The molecule has 3 N–H and O–H groups in total. The molecule has 0 aliphatic heterocycles. The van der Waals surface area contributed by atoms with E-state index < -0.39 is 11.8 Å². The van der Waals surface area contributed by atoms with E-state index in [9.17, 15) is 14.4 Å². The molecule has 0 saturated carbocycles. The number of carbonyl (C=O) groups is 3. The third-order valence-electron chi connectivity index (χ3n) is 4.58. The van der Waals surface area contributed by atoms with Crippen LogP contribution in [0.3, 0.4) is 0 Å². The number of nitrogens with one attached hydrogen (secondary N) is 3. The van der Waals surface area contributed by atoms with Gasteiger partial charge in [-0.05, 0) is 37.1 Å². The molecule has 1 heterocycles. The minimum Gasteiger partial charge on any atom is -0.495 e. The fourth-order valence-corrected chi connectivity index (χ4v) is 3.65. The third-order valence-corrected chi connectivity index (χ3v) is 5.73. The molecule has 3 amide bonds. The molecule has 0 unspecified atom stereocenters. The summed E-state index contributed by atoms with van der Waals surface area (Å²) in [6.07, 6.45) is 3.07. The fourth-order valence-electron chi connectivity index (χ4n) is 2.65. The standard InChI is InChI=1S/C24H27ClN4O4S/c1-15(17(3)33-4)26-22(31)16(2)27-23(32)20-14-34-24(29-20)18-9-11-19(12-10-18)28-21(30)8-6-5-7-13-25/h9-12,14H,1-3,5-8,13H2,4H3,(H,26,31)(H,27,32)(H,28,30). The van der Waals surface area contributed by atoms with Gasteiger partial charge in [-0.25, -0.2) is 4.98 Å². The highest BCUT2D eigenvalue weighted by molar-refractivity contribution is 7.13. The molecule has 0 radical (unpaired) electrons. The monoisotopic (exact) mass is 502 g/mol. The van der Waals surface area contributed by atoms with E-state index in [1.165, 1.54) is 18.4 Å². The van der Waals surface area contributed by atoms with Crippen LogP contribution in [0.25, 0.3) is 10.6 Å². The van der Waals surface area contributed by atoms with Crippen LogP contribution in [-0.2, 0) is 14.3 Å². The molecule has 0 saturated heterocycles. The van der Waals surface area contributed by atoms with Gasteiger partial charge >= 0.3 is 0 Å². The zero-order chi connectivity index (χ0) is 25.1. The molecular formula is C24H27ClN4O4S. The van der Waals surface area contributed by atoms with Crippen molar-refractivity contribution in [1.82, 2.24) is 15.6 Å². The Morgan fingerprint density at radius 2 is 1.74 bits per heavy atom. The van der Waals surface area contributed by atoms with E-state index in [-0.39, 0.29) is 28.8 Å². The van der Waals surface area contributed by atoms with E-state index >= 15 is 0 Å². The molecule has 0 fully saturated rings. The molecule has 0 bridgehead atoms. The molecule has 0 aliphatic rings. The van der Waals surface area contributed by atoms with Crippen molar-refractivity contribution in [3.05, 3.63) is 72.2 Å². The molecule has 1 aromatic heterocycles. The number of amides is 3. The first-order valence-corrected chi connectivity index (χ1v) is 11.8. The number of nitrogens with zero attached hydrogens (tertiary/aromatic N) is 1. The van der Waals surface area contributed by atoms with Crippen LogP contribution in [0.5, 0.6) is 0 Å². The minimum atomic E-state index is -0.649. The van der Waals surface area contributed by atoms with Gasteiger partial charge in [0.05, 0.1) is 18.5 Å². The minimum absolute atomic E-state index is 0.0464. The van der Waals surface area contributed by atoms with Gasteiger partial charge in [-0.15, -0.1) is 22.9 Å². The Labute approximate surface area is 207 Å². The normalized spacial score (nSPS) is 10.2. The Morgan fingerprint density at radius 3 is 2.38 bits per heavy atom. The molecule has 10 heteroatoms. The smallest absolute Gasteiger partial charge is 0.275 e. The number of anilines is 1. The van der Waals surface area contributed by atoms with Gasteiger partial charge in [-0.3, -0.25) is 14.4 Å². The summed E-state index contributed by atoms with van der Waals surface area (Å²) in [7, 11) is 1.39. The quantitative estimate of drug-likeness (QED) is 0.122. The topological polar surface area (TPSA) is 109 Å². The lowest BCUT2D eigenvalue weighted by atomic mass is 10.2. The first-order valence-electron chi connectivity index (χ1n) is 10.4. The molecule has 34 heavy (non-hydrogen) atoms. The zero-order valence-corrected chi connectivity index (χ0v) is 20.5. The van der Waals surface area contributed by atoms with Gasteiger partial charge in [-0.2, -0.15) is 0 Å². The summed E-state index contributed by atoms with van der Waals surface area (Å²) in [5.41, 5.74) is 1.59. The highest BCUT2D eigenvalue weighted by Crippen LogP contribution is 2.25. The number of aromatic nitrogens is 1.